The quantitative estimate of drug-likeness (QED) is 0.642. The van der Waals surface area contributed by atoms with E-state index in [1.54, 1.807) is 12.3 Å². The van der Waals surface area contributed by atoms with E-state index in [1.165, 1.54) is 7.11 Å². The van der Waals surface area contributed by atoms with Crippen molar-refractivity contribution in [2.75, 3.05) is 7.11 Å². The maximum absolute atomic E-state index is 11.0. The van der Waals surface area contributed by atoms with Crippen LogP contribution in [0.25, 0.3) is 0 Å². The van der Waals surface area contributed by atoms with Gasteiger partial charge in [0.2, 0.25) is 0 Å². The summed E-state index contributed by atoms with van der Waals surface area (Å²) in [6, 6.07) is 1.60. The minimum absolute atomic E-state index is 0.0941. The molecule has 1 heterocycles. The number of aromatic amines is 1. The fraction of sp³-hybridized carbons (Fsp3) is 0.375. The summed E-state index contributed by atoms with van der Waals surface area (Å²) in [5.74, 6) is -0.349. The number of nitrogens with two attached hydrogens (primary N) is 1. The number of ether oxygens (including phenoxy) is 1. The molecule has 4 nitrogen and oxygen atoms in total. The molecular weight excluding hydrogens is 156 g/mol. The minimum Gasteiger partial charge on any atom is -0.465 e. The number of esters is 1. The van der Waals surface area contributed by atoms with Gasteiger partial charge in [-0.3, -0.25) is 0 Å². The van der Waals surface area contributed by atoms with E-state index in [0.29, 0.717) is 5.56 Å². The van der Waals surface area contributed by atoms with Crippen LogP contribution in [0.3, 0.4) is 0 Å². The Morgan fingerprint density at radius 1 is 1.75 bits per heavy atom. The number of hydrogen-bond donors (Lipinski definition) is 2. The average Bonchev–Trinajstić information content (AvgIpc) is 2.51. The molecule has 4 heteroatoms. The number of H-pyrrole nitrogens is 1. The first-order valence-electron chi connectivity index (χ1n) is 3.67. The van der Waals surface area contributed by atoms with Crippen molar-refractivity contribution in [3.8, 4) is 0 Å². The highest BCUT2D eigenvalue weighted by molar-refractivity contribution is 5.89. The summed E-state index contributed by atoms with van der Waals surface area (Å²) in [5.41, 5.74) is 6.92. The molecule has 0 aliphatic rings. The van der Waals surface area contributed by atoms with E-state index in [0.717, 1.165) is 5.69 Å². The highest BCUT2D eigenvalue weighted by atomic mass is 16.5. The van der Waals surface area contributed by atoms with Crippen molar-refractivity contribution >= 4 is 5.97 Å². The van der Waals surface area contributed by atoms with Gasteiger partial charge in [0, 0.05) is 17.9 Å². The topological polar surface area (TPSA) is 68.1 Å². The Hall–Kier alpha value is -1.29. The molecule has 66 valence electrons. The van der Waals surface area contributed by atoms with Crippen molar-refractivity contribution in [3.63, 3.8) is 0 Å². The molecule has 0 saturated heterocycles. The molecule has 12 heavy (non-hydrogen) atoms. The van der Waals surface area contributed by atoms with E-state index in [1.807, 2.05) is 6.92 Å². The lowest BCUT2D eigenvalue weighted by Crippen LogP contribution is -2.05. The molecule has 0 radical (unpaired) electrons. The third kappa shape index (κ3) is 1.65. The average molecular weight is 168 g/mol. The molecule has 0 amide bonds. The second-order valence-corrected chi connectivity index (χ2v) is 2.62. The van der Waals surface area contributed by atoms with Gasteiger partial charge in [0.1, 0.15) is 0 Å². The third-order valence-electron chi connectivity index (χ3n) is 1.62. The first-order valence-corrected chi connectivity index (χ1v) is 3.67. The molecular formula is C8H12N2O2. The SMILES string of the molecule is COC(=O)c1c[nH]c(C(C)N)c1. The zero-order chi connectivity index (χ0) is 9.14. The van der Waals surface area contributed by atoms with Crippen molar-refractivity contribution in [1.82, 2.24) is 4.98 Å². The maximum atomic E-state index is 11.0. The second-order valence-electron chi connectivity index (χ2n) is 2.62. The summed E-state index contributed by atoms with van der Waals surface area (Å²) in [7, 11) is 1.35. The standard InChI is InChI=1S/C8H12N2O2/c1-5(9)7-3-6(4-10-7)8(11)12-2/h3-5,10H,9H2,1-2H3. The number of carbonyl (C=O) groups is 1. The summed E-state index contributed by atoms with van der Waals surface area (Å²) in [6.45, 7) is 1.84. The summed E-state index contributed by atoms with van der Waals surface area (Å²) in [5, 5.41) is 0. The van der Waals surface area contributed by atoms with E-state index >= 15 is 0 Å². The number of hydrogen-bond acceptors (Lipinski definition) is 3. The Morgan fingerprint density at radius 3 is 2.83 bits per heavy atom. The summed E-state index contributed by atoms with van der Waals surface area (Å²) in [6.07, 6.45) is 1.59. The molecule has 0 aromatic carbocycles. The lowest BCUT2D eigenvalue weighted by Gasteiger charge is -1.98. The molecule has 0 aliphatic heterocycles. The summed E-state index contributed by atoms with van der Waals surface area (Å²) >= 11 is 0. The lowest BCUT2D eigenvalue weighted by atomic mass is 10.2. The molecule has 1 aromatic heterocycles. The highest BCUT2D eigenvalue weighted by Gasteiger charge is 2.09. The van der Waals surface area contributed by atoms with Crippen LogP contribution < -0.4 is 5.73 Å². The largest absolute Gasteiger partial charge is 0.465 e. The molecule has 1 atom stereocenters. The Bertz CT molecular complexity index is 278. The Kier molecular flexibility index (Phi) is 2.50. The molecule has 0 aliphatic carbocycles. The van der Waals surface area contributed by atoms with E-state index in [4.69, 9.17) is 5.73 Å². The Morgan fingerprint density at radius 2 is 2.42 bits per heavy atom. The first-order chi connectivity index (χ1) is 5.65. The first kappa shape index (κ1) is 8.80. The van der Waals surface area contributed by atoms with E-state index in [9.17, 15) is 4.79 Å². The van der Waals surface area contributed by atoms with Crippen LogP contribution in [0.2, 0.25) is 0 Å². The molecule has 1 rings (SSSR count). The van der Waals surface area contributed by atoms with E-state index in [-0.39, 0.29) is 12.0 Å². The van der Waals surface area contributed by atoms with Crippen LogP contribution in [0.1, 0.15) is 29.0 Å². The predicted molar refractivity (Wildman–Crippen MR) is 44.7 cm³/mol. The second kappa shape index (κ2) is 3.40. The summed E-state index contributed by atoms with van der Waals surface area (Å²) in [4.78, 5) is 13.9. The van der Waals surface area contributed by atoms with Crippen LogP contribution in [-0.2, 0) is 4.74 Å². The zero-order valence-electron chi connectivity index (χ0n) is 7.13. The van der Waals surface area contributed by atoms with Crippen LogP contribution in [0, 0.1) is 0 Å². The Balaban J connectivity index is 2.84. The molecule has 0 spiro atoms. The molecule has 0 fully saturated rings. The van der Waals surface area contributed by atoms with Crippen LogP contribution in [-0.4, -0.2) is 18.1 Å². The number of nitrogens with one attached hydrogen (secondary N) is 1. The van der Waals surface area contributed by atoms with Gasteiger partial charge in [-0.2, -0.15) is 0 Å². The van der Waals surface area contributed by atoms with E-state index < -0.39 is 0 Å². The number of methoxy groups -OCH3 is 1. The third-order valence-corrected chi connectivity index (χ3v) is 1.62. The monoisotopic (exact) mass is 168 g/mol. The van der Waals surface area contributed by atoms with Gasteiger partial charge in [-0.1, -0.05) is 0 Å². The van der Waals surface area contributed by atoms with Gasteiger partial charge >= 0.3 is 5.97 Å². The van der Waals surface area contributed by atoms with Crippen molar-refractivity contribution in [1.29, 1.82) is 0 Å². The van der Waals surface area contributed by atoms with Crippen LogP contribution in [0.5, 0.6) is 0 Å². The highest BCUT2D eigenvalue weighted by Crippen LogP contribution is 2.10. The fourth-order valence-corrected chi connectivity index (χ4v) is 0.911. The molecule has 1 aromatic rings. The van der Waals surface area contributed by atoms with Crippen LogP contribution >= 0.6 is 0 Å². The smallest absolute Gasteiger partial charge is 0.339 e. The molecule has 1 unspecified atom stereocenters. The maximum Gasteiger partial charge on any atom is 0.339 e. The molecule has 3 N–H and O–H groups in total. The van der Waals surface area contributed by atoms with E-state index in [2.05, 4.69) is 9.72 Å². The van der Waals surface area contributed by atoms with Crippen molar-refractivity contribution in [3.05, 3.63) is 23.5 Å². The van der Waals surface area contributed by atoms with Gasteiger partial charge in [0.15, 0.2) is 0 Å². The van der Waals surface area contributed by atoms with Gasteiger partial charge < -0.3 is 15.5 Å². The van der Waals surface area contributed by atoms with Gasteiger partial charge in [0.25, 0.3) is 0 Å². The van der Waals surface area contributed by atoms with Gasteiger partial charge in [-0.15, -0.1) is 0 Å². The minimum atomic E-state index is -0.349. The normalized spacial score (nSPS) is 12.6. The van der Waals surface area contributed by atoms with Crippen molar-refractivity contribution < 1.29 is 9.53 Å². The lowest BCUT2D eigenvalue weighted by molar-refractivity contribution is 0.0601. The van der Waals surface area contributed by atoms with Crippen LogP contribution in [0.4, 0.5) is 0 Å². The Labute approximate surface area is 70.7 Å². The molecule has 0 bridgehead atoms. The van der Waals surface area contributed by atoms with Crippen LogP contribution in [0.15, 0.2) is 12.3 Å². The van der Waals surface area contributed by atoms with Crippen molar-refractivity contribution in [2.45, 2.75) is 13.0 Å². The number of rotatable bonds is 2. The van der Waals surface area contributed by atoms with Gasteiger partial charge in [-0.25, -0.2) is 4.79 Å². The summed E-state index contributed by atoms with van der Waals surface area (Å²) < 4.78 is 4.53. The predicted octanol–water partition coefficient (Wildman–Crippen LogP) is 0.821. The molecule has 0 saturated carbocycles. The fourth-order valence-electron chi connectivity index (χ4n) is 0.911. The van der Waals surface area contributed by atoms with Gasteiger partial charge in [0.05, 0.1) is 12.7 Å². The zero-order valence-corrected chi connectivity index (χ0v) is 7.13. The van der Waals surface area contributed by atoms with Crippen molar-refractivity contribution in [2.24, 2.45) is 5.73 Å². The number of carbonyl (C=O) groups excluding carboxylic acids is 1. The van der Waals surface area contributed by atoms with Gasteiger partial charge in [-0.05, 0) is 13.0 Å². The number of aromatic nitrogens is 1.